The molecule has 1 saturated heterocycles. The van der Waals surface area contributed by atoms with Crippen LogP contribution in [0.5, 0.6) is 0 Å². The van der Waals surface area contributed by atoms with Crippen molar-refractivity contribution in [3.05, 3.63) is 53.5 Å². The molecule has 1 aromatic heterocycles. The molecule has 1 aliphatic carbocycles. The van der Waals surface area contributed by atoms with Gasteiger partial charge in [-0.3, -0.25) is 4.79 Å². The summed E-state index contributed by atoms with van der Waals surface area (Å²) in [5.74, 6) is 1.19. The van der Waals surface area contributed by atoms with Crippen molar-refractivity contribution in [2.45, 2.75) is 13.0 Å². The number of morpholine rings is 1. The minimum absolute atomic E-state index is 0.0771. The lowest BCUT2D eigenvalue weighted by molar-refractivity contribution is 0.0303. The molecule has 5 rings (SSSR count). The molecule has 0 spiro atoms. The summed E-state index contributed by atoms with van der Waals surface area (Å²) in [5, 5.41) is 0. The van der Waals surface area contributed by atoms with Crippen LogP contribution in [0.3, 0.4) is 0 Å². The van der Waals surface area contributed by atoms with Crippen LogP contribution in [0.25, 0.3) is 11.0 Å². The van der Waals surface area contributed by atoms with Gasteiger partial charge in [0.15, 0.2) is 0 Å². The Morgan fingerprint density at radius 2 is 1.92 bits per heavy atom. The summed E-state index contributed by atoms with van der Waals surface area (Å²) in [6, 6.07) is 5.94. The van der Waals surface area contributed by atoms with Gasteiger partial charge in [0.05, 0.1) is 24.2 Å². The summed E-state index contributed by atoms with van der Waals surface area (Å²) in [7, 11) is 0. The number of rotatable bonds is 2. The van der Waals surface area contributed by atoms with Crippen LogP contribution in [0.15, 0.2) is 42.1 Å². The fraction of sp³-hybridized carbons (Fsp3) is 0.400. The number of nitrogens with zero attached hydrogens (tertiary/aromatic N) is 4. The van der Waals surface area contributed by atoms with Gasteiger partial charge in [-0.1, -0.05) is 6.08 Å². The monoisotopic (exact) mass is 350 g/mol. The van der Waals surface area contributed by atoms with Crippen molar-refractivity contribution >= 4 is 16.9 Å². The third-order valence-corrected chi connectivity index (χ3v) is 5.47. The smallest absolute Gasteiger partial charge is 0.254 e. The summed E-state index contributed by atoms with van der Waals surface area (Å²) in [6.07, 6.45) is 7.33. The van der Waals surface area contributed by atoms with Gasteiger partial charge in [0.2, 0.25) is 0 Å². The minimum Gasteiger partial charge on any atom is -0.378 e. The van der Waals surface area contributed by atoms with E-state index in [1.807, 2.05) is 17.0 Å². The molecule has 3 aliphatic rings. The largest absolute Gasteiger partial charge is 0.378 e. The van der Waals surface area contributed by atoms with E-state index in [2.05, 4.69) is 33.8 Å². The molecule has 1 aromatic carbocycles. The van der Waals surface area contributed by atoms with Crippen LogP contribution >= 0.6 is 0 Å². The highest BCUT2D eigenvalue weighted by molar-refractivity contribution is 5.97. The Bertz CT molecular complexity index is 921. The highest BCUT2D eigenvalue weighted by Crippen LogP contribution is 2.23. The zero-order chi connectivity index (χ0) is 17.5. The maximum atomic E-state index is 12.7. The van der Waals surface area contributed by atoms with Gasteiger partial charge in [-0.15, -0.1) is 0 Å². The van der Waals surface area contributed by atoms with E-state index >= 15 is 0 Å². The van der Waals surface area contributed by atoms with Crippen LogP contribution in [0.2, 0.25) is 0 Å². The Kier molecular flexibility index (Phi) is 3.78. The second-order valence-corrected chi connectivity index (χ2v) is 6.98. The van der Waals surface area contributed by atoms with Crippen LogP contribution < -0.4 is 0 Å². The summed E-state index contributed by atoms with van der Waals surface area (Å²) < 4.78 is 7.65. The molecule has 0 unspecified atom stereocenters. The first-order chi connectivity index (χ1) is 12.8. The van der Waals surface area contributed by atoms with Crippen LogP contribution in [-0.4, -0.2) is 64.7 Å². The van der Waals surface area contributed by atoms with Crippen molar-refractivity contribution in [3.8, 4) is 0 Å². The molecule has 6 nitrogen and oxygen atoms in total. The quantitative estimate of drug-likeness (QED) is 0.829. The van der Waals surface area contributed by atoms with Crippen molar-refractivity contribution in [2.75, 3.05) is 39.4 Å². The summed E-state index contributed by atoms with van der Waals surface area (Å²) >= 11 is 0. The van der Waals surface area contributed by atoms with Gasteiger partial charge in [-0.25, -0.2) is 4.98 Å². The van der Waals surface area contributed by atoms with Gasteiger partial charge >= 0.3 is 0 Å². The molecule has 1 fully saturated rings. The molecule has 26 heavy (non-hydrogen) atoms. The SMILES string of the molecule is O=C(c1ccc2c(c1)nc1n2CCN(C2=CC=C2)CC1)N1CCOCC1. The molecule has 0 saturated carbocycles. The van der Waals surface area contributed by atoms with Crippen molar-refractivity contribution in [2.24, 2.45) is 0 Å². The van der Waals surface area contributed by atoms with Crippen molar-refractivity contribution < 1.29 is 9.53 Å². The number of carbonyl (C=O) groups is 1. The standard InChI is InChI=1S/C20H22N4O2/c25-20(23-10-12-26-13-11-23)15-4-5-18-17(14-15)21-19-6-7-22(8-9-24(18)19)16-2-1-3-16/h1-5,14H,6-13H2. The first-order valence-corrected chi connectivity index (χ1v) is 9.29. The number of hydrogen-bond donors (Lipinski definition) is 0. The predicted molar refractivity (Wildman–Crippen MR) is 99.0 cm³/mol. The van der Waals surface area contributed by atoms with E-state index in [9.17, 15) is 4.79 Å². The van der Waals surface area contributed by atoms with Gasteiger partial charge in [0.1, 0.15) is 5.82 Å². The average Bonchev–Trinajstić information content (AvgIpc) is 2.86. The molecule has 0 bridgehead atoms. The maximum Gasteiger partial charge on any atom is 0.254 e. The summed E-state index contributed by atoms with van der Waals surface area (Å²) in [6.45, 7) is 5.47. The Morgan fingerprint density at radius 1 is 1.08 bits per heavy atom. The van der Waals surface area contributed by atoms with E-state index < -0.39 is 0 Å². The number of amides is 1. The van der Waals surface area contributed by atoms with Gasteiger partial charge in [-0.2, -0.15) is 0 Å². The number of allylic oxidation sites excluding steroid dienone is 3. The zero-order valence-corrected chi connectivity index (χ0v) is 14.7. The fourth-order valence-electron chi connectivity index (χ4n) is 3.92. The number of carbonyl (C=O) groups excluding carboxylic acids is 1. The number of imidazole rings is 1. The lowest BCUT2D eigenvalue weighted by Crippen LogP contribution is -2.40. The van der Waals surface area contributed by atoms with E-state index in [1.165, 1.54) is 5.70 Å². The lowest BCUT2D eigenvalue weighted by atomic mass is 10.1. The van der Waals surface area contributed by atoms with E-state index in [0.717, 1.165) is 48.5 Å². The molecule has 0 N–H and O–H groups in total. The van der Waals surface area contributed by atoms with E-state index in [0.29, 0.717) is 26.3 Å². The summed E-state index contributed by atoms with van der Waals surface area (Å²) in [5.41, 5.74) is 4.09. The highest BCUT2D eigenvalue weighted by Gasteiger charge is 2.22. The number of fused-ring (bicyclic) bond motifs is 3. The van der Waals surface area contributed by atoms with E-state index in [-0.39, 0.29) is 5.91 Å². The second kappa shape index (κ2) is 6.29. The van der Waals surface area contributed by atoms with Gasteiger partial charge in [0, 0.05) is 50.4 Å². The first-order valence-electron chi connectivity index (χ1n) is 9.29. The van der Waals surface area contributed by atoms with Crippen molar-refractivity contribution in [1.29, 1.82) is 0 Å². The Hall–Kier alpha value is -2.60. The molecule has 2 aromatic rings. The highest BCUT2D eigenvalue weighted by atomic mass is 16.5. The van der Waals surface area contributed by atoms with Crippen LogP contribution in [0.1, 0.15) is 16.2 Å². The van der Waals surface area contributed by atoms with Crippen LogP contribution in [-0.2, 0) is 17.7 Å². The van der Waals surface area contributed by atoms with Crippen LogP contribution in [0.4, 0.5) is 0 Å². The second-order valence-electron chi connectivity index (χ2n) is 6.98. The molecule has 2 aliphatic heterocycles. The fourth-order valence-corrected chi connectivity index (χ4v) is 3.92. The molecule has 3 heterocycles. The van der Waals surface area contributed by atoms with Gasteiger partial charge < -0.3 is 19.1 Å². The first kappa shape index (κ1) is 15.6. The molecule has 6 heteroatoms. The van der Waals surface area contributed by atoms with Crippen molar-refractivity contribution in [3.63, 3.8) is 0 Å². The number of benzene rings is 1. The van der Waals surface area contributed by atoms with E-state index in [4.69, 9.17) is 9.72 Å². The third kappa shape index (κ3) is 2.61. The average molecular weight is 350 g/mol. The molecule has 0 radical (unpaired) electrons. The molecule has 1 amide bonds. The molecular weight excluding hydrogens is 328 g/mol. The molecular formula is C20H22N4O2. The Balaban J connectivity index is 1.40. The van der Waals surface area contributed by atoms with Crippen LogP contribution in [0, 0.1) is 0 Å². The predicted octanol–water partition coefficient (Wildman–Crippen LogP) is 1.82. The third-order valence-electron chi connectivity index (χ3n) is 5.47. The number of hydrogen-bond acceptors (Lipinski definition) is 4. The summed E-state index contributed by atoms with van der Waals surface area (Å²) in [4.78, 5) is 21.8. The Labute approximate surface area is 152 Å². The topological polar surface area (TPSA) is 50.6 Å². The minimum atomic E-state index is 0.0771. The Morgan fingerprint density at radius 3 is 2.69 bits per heavy atom. The van der Waals surface area contributed by atoms with E-state index in [1.54, 1.807) is 0 Å². The van der Waals surface area contributed by atoms with Crippen molar-refractivity contribution in [1.82, 2.24) is 19.4 Å². The molecule has 134 valence electrons. The maximum absolute atomic E-state index is 12.7. The van der Waals surface area contributed by atoms with Gasteiger partial charge in [0.25, 0.3) is 5.91 Å². The normalized spacial score (nSPS) is 19.8. The van der Waals surface area contributed by atoms with Gasteiger partial charge in [-0.05, 0) is 30.4 Å². The number of ether oxygens (including phenoxy) is 1. The number of aromatic nitrogens is 2. The zero-order valence-electron chi connectivity index (χ0n) is 14.7. The lowest BCUT2D eigenvalue weighted by Gasteiger charge is -2.27. The molecule has 0 atom stereocenters.